The number of likely N-dealkylation sites (tertiary alicyclic amines) is 1. The minimum atomic E-state index is -0.858. The highest BCUT2D eigenvalue weighted by atomic mass is 35.5. The zero-order chi connectivity index (χ0) is 25.0. The van der Waals surface area contributed by atoms with Gasteiger partial charge in [-0.05, 0) is 82.7 Å². The molecule has 3 heterocycles. The van der Waals surface area contributed by atoms with Crippen LogP contribution in [-0.4, -0.2) is 88.4 Å². The van der Waals surface area contributed by atoms with Crippen molar-refractivity contribution >= 4 is 40.8 Å². The molecule has 0 bridgehead atoms. The van der Waals surface area contributed by atoms with Crippen LogP contribution in [-0.2, 0) is 9.53 Å². The van der Waals surface area contributed by atoms with Crippen molar-refractivity contribution in [2.75, 3.05) is 38.1 Å². The molecule has 1 saturated carbocycles. The number of hydrogen-bond donors (Lipinski definition) is 2. The molecular formula is C25H34Cl2N4O4. The fourth-order valence-electron chi connectivity index (χ4n) is 5.93. The number of benzene rings is 1. The average molecular weight is 525 g/mol. The first-order valence-corrected chi connectivity index (χ1v) is 13.3. The molecule has 1 aliphatic carbocycles. The first-order valence-electron chi connectivity index (χ1n) is 12.5. The average Bonchev–Trinajstić information content (AvgIpc) is 3.52. The minimum Gasteiger partial charge on any atom is -0.391 e. The van der Waals surface area contributed by atoms with Crippen LogP contribution in [0.2, 0.25) is 10.0 Å². The van der Waals surface area contributed by atoms with Crippen molar-refractivity contribution in [3.63, 3.8) is 0 Å². The maximum atomic E-state index is 13.4. The fourth-order valence-corrected chi connectivity index (χ4v) is 6.23. The van der Waals surface area contributed by atoms with Crippen LogP contribution < -0.4 is 5.32 Å². The predicted molar refractivity (Wildman–Crippen MR) is 135 cm³/mol. The molecule has 0 radical (unpaired) electrons. The monoisotopic (exact) mass is 524 g/mol. The van der Waals surface area contributed by atoms with E-state index in [1.165, 1.54) is 4.90 Å². The van der Waals surface area contributed by atoms with Gasteiger partial charge in [0.05, 0.1) is 35.3 Å². The van der Waals surface area contributed by atoms with Crippen LogP contribution in [0.1, 0.15) is 46.0 Å². The number of piperazine rings is 1. The number of anilines is 1. The second kappa shape index (κ2) is 9.38. The Morgan fingerprint density at radius 3 is 2.71 bits per heavy atom. The van der Waals surface area contributed by atoms with Crippen LogP contribution in [0, 0.1) is 5.41 Å². The van der Waals surface area contributed by atoms with Crippen LogP contribution in [0.5, 0.6) is 0 Å². The van der Waals surface area contributed by atoms with E-state index in [9.17, 15) is 14.7 Å². The molecule has 0 aromatic heterocycles. The van der Waals surface area contributed by atoms with Gasteiger partial charge in [-0.25, -0.2) is 4.79 Å². The number of halogens is 2. The number of piperidine rings is 1. The number of rotatable bonds is 5. The van der Waals surface area contributed by atoms with Gasteiger partial charge in [0.2, 0.25) is 5.91 Å². The molecule has 4 aliphatic rings. The molecule has 3 amide bonds. The second-order valence-electron chi connectivity index (χ2n) is 10.8. The summed E-state index contributed by atoms with van der Waals surface area (Å²) >= 11 is 12.0. The van der Waals surface area contributed by atoms with Gasteiger partial charge in [0.15, 0.2) is 5.72 Å². The third-order valence-corrected chi connectivity index (χ3v) is 9.13. The van der Waals surface area contributed by atoms with Crippen molar-refractivity contribution in [3.05, 3.63) is 28.2 Å². The number of carbonyl (C=O) groups is 2. The van der Waals surface area contributed by atoms with E-state index in [1.54, 1.807) is 25.1 Å². The molecule has 4 atom stereocenters. The molecule has 8 nitrogen and oxygen atoms in total. The second-order valence-corrected chi connectivity index (χ2v) is 11.6. The summed E-state index contributed by atoms with van der Waals surface area (Å²) in [5, 5.41) is 14.0. The summed E-state index contributed by atoms with van der Waals surface area (Å²) < 4.78 is 6.13. The number of aliphatic hydroxyl groups excluding tert-OH is 1. The van der Waals surface area contributed by atoms with Crippen molar-refractivity contribution in [1.29, 1.82) is 0 Å². The first-order chi connectivity index (χ1) is 16.6. The lowest BCUT2D eigenvalue weighted by atomic mass is 9.90. The van der Waals surface area contributed by atoms with Gasteiger partial charge in [0.1, 0.15) is 6.04 Å². The largest absolute Gasteiger partial charge is 0.391 e. The Labute approximate surface area is 216 Å². The van der Waals surface area contributed by atoms with Gasteiger partial charge in [-0.15, -0.1) is 0 Å². The number of urea groups is 1. The van der Waals surface area contributed by atoms with Crippen molar-refractivity contribution < 1.29 is 19.4 Å². The number of β-amino-alcohol motifs (C(OH)–C–C–N with tert-alkyl or cyclic N) is 1. The van der Waals surface area contributed by atoms with Crippen molar-refractivity contribution in [2.24, 2.45) is 5.41 Å². The maximum absolute atomic E-state index is 13.4. The molecular weight excluding hydrogens is 491 g/mol. The number of nitrogens with zero attached hydrogens (tertiary/aromatic N) is 3. The van der Waals surface area contributed by atoms with Crippen molar-refractivity contribution in [3.8, 4) is 0 Å². The third kappa shape index (κ3) is 4.76. The van der Waals surface area contributed by atoms with Crippen LogP contribution in [0.4, 0.5) is 10.5 Å². The first kappa shape index (κ1) is 25.1. The number of hydrogen-bond acceptors (Lipinski definition) is 5. The number of ether oxygens (including phenoxy) is 1. The van der Waals surface area contributed by atoms with Crippen LogP contribution in [0.3, 0.4) is 0 Å². The molecule has 5 rings (SSSR count). The van der Waals surface area contributed by atoms with E-state index in [4.69, 9.17) is 27.9 Å². The molecule has 3 saturated heterocycles. The van der Waals surface area contributed by atoms with Crippen molar-refractivity contribution in [2.45, 2.75) is 69.9 Å². The summed E-state index contributed by atoms with van der Waals surface area (Å²) in [7, 11) is 0. The Hall–Kier alpha value is -1.58. The summed E-state index contributed by atoms with van der Waals surface area (Å²) in [5.41, 5.74) is -0.133. The van der Waals surface area contributed by atoms with E-state index < -0.39 is 11.8 Å². The molecule has 1 spiro atoms. The van der Waals surface area contributed by atoms with Gasteiger partial charge in [0.25, 0.3) is 0 Å². The zero-order valence-electron chi connectivity index (χ0n) is 20.3. The van der Waals surface area contributed by atoms with Gasteiger partial charge < -0.3 is 29.9 Å². The summed E-state index contributed by atoms with van der Waals surface area (Å²) in [4.78, 5) is 32.2. The molecule has 192 valence electrons. The summed E-state index contributed by atoms with van der Waals surface area (Å²) in [6.07, 6.45) is 4.97. The summed E-state index contributed by atoms with van der Waals surface area (Å²) in [6, 6.07) is 3.87. The number of nitrogens with one attached hydrogen (secondary N) is 1. The maximum Gasteiger partial charge on any atom is 0.322 e. The van der Waals surface area contributed by atoms with Crippen LogP contribution in [0.15, 0.2) is 18.2 Å². The molecule has 1 aromatic rings. The highest BCUT2D eigenvalue weighted by Gasteiger charge is 2.55. The molecule has 2 N–H and O–H groups in total. The molecule has 35 heavy (non-hydrogen) atoms. The highest BCUT2D eigenvalue weighted by molar-refractivity contribution is 6.42. The lowest BCUT2D eigenvalue weighted by Gasteiger charge is -2.47. The Morgan fingerprint density at radius 1 is 1.26 bits per heavy atom. The standard InChI is InChI=1S/C25H34Cl2N4O4/c1-16-22(33)31-18(4-3-10-29-11-9-25(7-8-25)21(32)13-29)14-35-24(31,2)15-30(16)23(34)28-17-5-6-19(26)20(27)12-17/h5-6,12,16,18,21,32H,3-4,7-11,13-15H2,1-2H3,(H,28,34)/t16-,18-,21+,24-/m0/s1. The zero-order valence-corrected chi connectivity index (χ0v) is 21.8. The Kier molecular flexibility index (Phi) is 6.72. The molecule has 10 heteroatoms. The fraction of sp³-hybridized carbons (Fsp3) is 0.680. The molecule has 4 fully saturated rings. The number of amides is 3. The molecule has 0 unspecified atom stereocenters. The smallest absolute Gasteiger partial charge is 0.322 e. The molecule has 3 aliphatic heterocycles. The summed E-state index contributed by atoms with van der Waals surface area (Å²) in [5.74, 6) is -0.102. The van der Waals surface area contributed by atoms with Gasteiger partial charge in [-0.1, -0.05) is 23.2 Å². The number of carbonyl (C=O) groups excluding carboxylic acids is 2. The Bertz CT molecular complexity index is 1010. The van der Waals surface area contributed by atoms with Crippen LogP contribution in [0.25, 0.3) is 0 Å². The lowest BCUT2D eigenvalue weighted by Crippen LogP contribution is -2.67. The Morgan fingerprint density at radius 2 is 2.03 bits per heavy atom. The SMILES string of the molecule is C[C@H]1C(=O)N2[C@@H](CCCN3CCC4(CC4)[C@H](O)C3)CO[C@@]2(C)CN1C(=O)Nc1ccc(Cl)c(Cl)c1. The third-order valence-electron chi connectivity index (χ3n) is 8.39. The van der Waals surface area contributed by atoms with Gasteiger partial charge >= 0.3 is 6.03 Å². The van der Waals surface area contributed by atoms with Gasteiger partial charge in [0, 0.05) is 12.2 Å². The highest BCUT2D eigenvalue weighted by Crippen LogP contribution is 2.53. The summed E-state index contributed by atoms with van der Waals surface area (Å²) in [6.45, 7) is 7.09. The van der Waals surface area contributed by atoms with E-state index in [2.05, 4.69) is 10.2 Å². The topological polar surface area (TPSA) is 85.4 Å². The van der Waals surface area contributed by atoms with Gasteiger partial charge in [-0.3, -0.25) is 4.79 Å². The quantitative estimate of drug-likeness (QED) is 0.611. The van der Waals surface area contributed by atoms with E-state index in [1.807, 2.05) is 11.8 Å². The lowest BCUT2D eigenvalue weighted by molar-refractivity contribution is -0.167. The Balaban J connectivity index is 1.17. The van der Waals surface area contributed by atoms with E-state index in [0.717, 1.165) is 51.7 Å². The number of fused-ring (bicyclic) bond motifs is 1. The number of aliphatic hydroxyl groups is 1. The van der Waals surface area contributed by atoms with Gasteiger partial charge in [-0.2, -0.15) is 0 Å². The van der Waals surface area contributed by atoms with E-state index in [0.29, 0.717) is 22.3 Å². The minimum absolute atomic E-state index is 0.0141. The van der Waals surface area contributed by atoms with E-state index in [-0.39, 0.29) is 36.0 Å². The normalized spacial score (nSPS) is 32.1. The van der Waals surface area contributed by atoms with E-state index >= 15 is 0 Å². The molecule has 1 aromatic carbocycles. The predicted octanol–water partition coefficient (Wildman–Crippen LogP) is 3.80. The van der Waals surface area contributed by atoms with Crippen molar-refractivity contribution in [1.82, 2.24) is 14.7 Å². The van der Waals surface area contributed by atoms with Crippen LogP contribution >= 0.6 is 23.2 Å².